The molecule has 0 saturated carbocycles. The molecule has 0 saturated heterocycles. The van der Waals surface area contributed by atoms with Crippen molar-refractivity contribution >= 4 is 26.8 Å². The smallest absolute Gasteiger partial charge is 0.252 e. The Bertz CT molecular complexity index is 1460. The van der Waals surface area contributed by atoms with Crippen LogP contribution >= 0.6 is 0 Å². The van der Waals surface area contributed by atoms with Gasteiger partial charge in [-0.2, -0.15) is 0 Å². The zero-order valence-electron chi connectivity index (χ0n) is 20.2. The number of halogens is 1. The summed E-state index contributed by atoms with van der Waals surface area (Å²) in [6.07, 6.45) is 0. The van der Waals surface area contributed by atoms with E-state index in [2.05, 4.69) is 5.32 Å². The van der Waals surface area contributed by atoms with Crippen LogP contribution in [0.1, 0.15) is 32.4 Å². The van der Waals surface area contributed by atoms with Crippen molar-refractivity contribution in [2.24, 2.45) is 0 Å². The average Bonchev–Trinajstić information content (AvgIpc) is 2.89. The Hall–Kier alpha value is -3.66. The van der Waals surface area contributed by atoms with Crippen molar-refractivity contribution in [2.45, 2.75) is 29.0 Å². The number of rotatable bonds is 6. The number of hydrogen-bond acceptors (Lipinski definition) is 4. The molecule has 1 amide bonds. The lowest BCUT2D eigenvalue weighted by molar-refractivity contribution is 0.0948. The molecule has 4 rings (SSSR count). The van der Waals surface area contributed by atoms with Crippen molar-refractivity contribution in [1.82, 2.24) is 5.32 Å². The largest absolute Gasteiger partial charge is 0.331 e. The van der Waals surface area contributed by atoms with Gasteiger partial charge in [-0.05, 0) is 67.9 Å². The molecule has 0 fully saturated rings. The summed E-state index contributed by atoms with van der Waals surface area (Å²) in [6.45, 7) is 3.79. The van der Waals surface area contributed by atoms with Crippen LogP contribution in [0.15, 0.2) is 113 Å². The number of carbonyl (C=O) groups is 1. The molecule has 0 spiro atoms. The third-order valence-corrected chi connectivity index (χ3v) is 7.97. The Morgan fingerprint density at radius 1 is 0.811 bits per heavy atom. The lowest BCUT2D eigenvalue weighted by atomic mass is 10.2. The highest BCUT2D eigenvalue weighted by Gasteiger charge is 2.31. The molecule has 2 atom stereocenters. The van der Waals surface area contributed by atoms with Gasteiger partial charge in [0.15, 0.2) is 16.5 Å². The second-order valence-electron chi connectivity index (χ2n) is 8.19. The van der Waals surface area contributed by atoms with Crippen LogP contribution in [0.5, 0.6) is 0 Å². The first kappa shape index (κ1) is 27.9. The minimum Gasteiger partial charge on any atom is -0.331 e. The van der Waals surface area contributed by atoms with Gasteiger partial charge in [0.05, 0.1) is 9.79 Å². The molecule has 37 heavy (non-hydrogen) atoms. The number of aryl methyl sites for hydroxylation is 2. The molecule has 0 aliphatic heterocycles. The van der Waals surface area contributed by atoms with Crippen molar-refractivity contribution in [3.63, 3.8) is 0 Å². The van der Waals surface area contributed by atoms with Crippen LogP contribution in [-0.2, 0) is 20.9 Å². The molecule has 0 radical (unpaired) electrons. The summed E-state index contributed by atoms with van der Waals surface area (Å²) in [4.78, 5) is 13.1. The summed E-state index contributed by atoms with van der Waals surface area (Å²) in [5.74, 6) is -1.01. The molecule has 0 heterocycles. The van der Waals surface area contributed by atoms with Gasteiger partial charge in [-0.25, -0.2) is 17.0 Å². The van der Waals surface area contributed by atoms with Crippen LogP contribution in [0.4, 0.5) is 4.39 Å². The average molecular weight is 540 g/mol. The van der Waals surface area contributed by atoms with Gasteiger partial charge >= 0.3 is 0 Å². The molecule has 0 aliphatic rings. The molecule has 4 aromatic carbocycles. The van der Waals surface area contributed by atoms with Crippen molar-refractivity contribution < 1.29 is 26.4 Å². The Morgan fingerprint density at radius 3 is 1.84 bits per heavy atom. The second-order valence-corrected chi connectivity index (χ2v) is 11.2. The quantitative estimate of drug-likeness (QED) is 0.310. The molecular weight excluding hydrogens is 513 g/mol. The van der Waals surface area contributed by atoms with E-state index in [0.29, 0.717) is 10.5 Å². The number of benzene rings is 4. The highest BCUT2D eigenvalue weighted by atomic mass is 32.2. The Balaban J connectivity index is 0.000000319. The maximum atomic E-state index is 13.3. The summed E-state index contributed by atoms with van der Waals surface area (Å²) < 4.78 is 58.7. The van der Waals surface area contributed by atoms with E-state index in [4.69, 9.17) is 4.55 Å². The first-order valence-electron chi connectivity index (χ1n) is 11.2. The first-order valence-corrected chi connectivity index (χ1v) is 13.8. The van der Waals surface area contributed by atoms with E-state index in [1.54, 1.807) is 54.6 Å². The van der Waals surface area contributed by atoms with Gasteiger partial charge in [-0.15, -0.1) is 0 Å². The maximum Gasteiger partial charge on any atom is 0.252 e. The van der Waals surface area contributed by atoms with Crippen LogP contribution < -0.4 is 5.32 Å². The van der Waals surface area contributed by atoms with E-state index < -0.39 is 38.0 Å². The van der Waals surface area contributed by atoms with E-state index in [-0.39, 0.29) is 10.5 Å². The fraction of sp³-hybridized carbons (Fsp3) is 0.107. The third-order valence-electron chi connectivity index (χ3n) is 5.35. The summed E-state index contributed by atoms with van der Waals surface area (Å²) in [6, 6.07) is 26.7. The molecule has 192 valence electrons. The van der Waals surface area contributed by atoms with E-state index in [9.17, 15) is 21.8 Å². The van der Waals surface area contributed by atoms with Gasteiger partial charge in [-0.3, -0.25) is 4.79 Å². The lowest BCUT2D eigenvalue weighted by Gasteiger charge is -2.20. The highest BCUT2D eigenvalue weighted by molar-refractivity contribution is 7.91. The predicted octanol–water partition coefficient (Wildman–Crippen LogP) is 5.61. The second kappa shape index (κ2) is 12.5. The zero-order chi connectivity index (χ0) is 27.0. The van der Waals surface area contributed by atoms with Crippen molar-refractivity contribution in [1.29, 1.82) is 0 Å². The molecule has 0 bridgehead atoms. The summed E-state index contributed by atoms with van der Waals surface area (Å²) in [5.41, 5.74) is 2.62. The van der Waals surface area contributed by atoms with Gasteiger partial charge in [-0.1, -0.05) is 65.7 Å². The van der Waals surface area contributed by atoms with Gasteiger partial charge in [0.2, 0.25) is 9.84 Å². The first-order chi connectivity index (χ1) is 17.6. The number of hydrogen-bond donors (Lipinski definition) is 2. The third kappa shape index (κ3) is 7.66. The fourth-order valence-electron chi connectivity index (χ4n) is 3.29. The van der Waals surface area contributed by atoms with Crippen LogP contribution in [0.3, 0.4) is 0 Å². The van der Waals surface area contributed by atoms with Crippen LogP contribution in [0.25, 0.3) is 0 Å². The minimum absolute atomic E-state index is 0.0794. The Morgan fingerprint density at radius 2 is 1.32 bits per heavy atom. The topological polar surface area (TPSA) is 101 Å². The molecule has 6 nitrogen and oxygen atoms in total. The number of carbonyl (C=O) groups excluding carboxylic acids is 1. The van der Waals surface area contributed by atoms with Crippen molar-refractivity contribution in [3.05, 3.63) is 131 Å². The van der Waals surface area contributed by atoms with E-state index in [0.717, 1.165) is 11.1 Å². The molecule has 2 N–H and O–H groups in total. The predicted molar refractivity (Wildman–Crippen MR) is 142 cm³/mol. The standard InChI is InChI=1S/C21H18FNO3S.C7H8O2S/c1-15-7-13-19(14-8-15)27(25,26)21(17-9-11-18(22)12-10-17)23-20(24)16-5-3-2-4-6-16;1-6-2-4-7(5-3-6)10(8)9/h2-14,21H,1H3,(H,23,24);2-5H,1H3,(H,8,9). The molecule has 0 aliphatic carbocycles. The van der Waals surface area contributed by atoms with Gasteiger partial charge in [0.25, 0.3) is 5.91 Å². The minimum atomic E-state index is -3.94. The number of nitrogens with one attached hydrogen (secondary N) is 1. The number of sulfone groups is 1. The van der Waals surface area contributed by atoms with E-state index >= 15 is 0 Å². The van der Waals surface area contributed by atoms with Crippen molar-refractivity contribution in [2.75, 3.05) is 0 Å². The summed E-state index contributed by atoms with van der Waals surface area (Å²) >= 11 is -1.84. The summed E-state index contributed by atoms with van der Waals surface area (Å²) in [5, 5.41) is 1.23. The van der Waals surface area contributed by atoms with Crippen molar-refractivity contribution in [3.8, 4) is 0 Å². The van der Waals surface area contributed by atoms with E-state index in [1.165, 1.54) is 36.4 Å². The normalized spacial score (nSPS) is 12.5. The SMILES string of the molecule is Cc1ccc(S(=O)(=O)C(NC(=O)c2ccccc2)c2ccc(F)cc2)cc1.Cc1ccc(S(=O)O)cc1. The fourth-order valence-corrected chi connectivity index (χ4v) is 5.22. The monoisotopic (exact) mass is 539 g/mol. The van der Waals surface area contributed by atoms with Gasteiger partial charge in [0.1, 0.15) is 5.82 Å². The zero-order valence-corrected chi connectivity index (χ0v) is 21.8. The maximum absolute atomic E-state index is 13.3. The molecule has 9 heteroatoms. The molecule has 4 aromatic rings. The molecule has 0 aromatic heterocycles. The van der Waals surface area contributed by atoms with Crippen LogP contribution in [0.2, 0.25) is 0 Å². The lowest BCUT2D eigenvalue weighted by Crippen LogP contribution is -2.34. The van der Waals surface area contributed by atoms with E-state index in [1.807, 2.05) is 26.0 Å². The van der Waals surface area contributed by atoms with Crippen LogP contribution in [0, 0.1) is 19.7 Å². The molecular formula is C28H26FNO5S2. The van der Waals surface area contributed by atoms with Crippen LogP contribution in [-0.4, -0.2) is 23.1 Å². The van der Waals surface area contributed by atoms with Gasteiger partial charge in [0, 0.05) is 5.56 Å². The molecule has 2 unspecified atom stereocenters. The Kier molecular flexibility index (Phi) is 9.46. The van der Waals surface area contributed by atoms with Gasteiger partial charge < -0.3 is 9.87 Å². The Labute approximate surface area is 218 Å². The highest BCUT2D eigenvalue weighted by Crippen LogP contribution is 2.27. The summed E-state index contributed by atoms with van der Waals surface area (Å²) in [7, 11) is -3.94. The number of amides is 1.